The van der Waals surface area contributed by atoms with Crippen LogP contribution in [0.15, 0.2) is 60.7 Å². The van der Waals surface area contributed by atoms with Gasteiger partial charge in [0, 0.05) is 19.6 Å². The molecule has 2 aromatic carbocycles. The van der Waals surface area contributed by atoms with Gasteiger partial charge in [0.2, 0.25) is 0 Å². The molecule has 0 spiro atoms. The van der Waals surface area contributed by atoms with Gasteiger partial charge in [0.1, 0.15) is 0 Å². The van der Waals surface area contributed by atoms with E-state index in [0.717, 1.165) is 13.1 Å². The van der Waals surface area contributed by atoms with Crippen molar-refractivity contribution in [2.45, 2.75) is 39.1 Å². The van der Waals surface area contributed by atoms with E-state index in [4.69, 9.17) is 4.74 Å². The lowest BCUT2D eigenvalue weighted by Gasteiger charge is -2.25. The van der Waals surface area contributed by atoms with Gasteiger partial charge in [-0.3, -0.25) is 4.90 Å². The molecule has 0 heterocycles. The Hall–Kier alpha value is -1.68. The number of benzene rings is 2. The smallest absolute Gasteiger partial charge is 0.0900 e. The molecule has 0 aliphatic carbocycles. The predicted octanol–water partition coefficient (Wildman–Crippen LogP) is 3.47. The summed E-state index contributed by atoms with van der Waals surface area (Å²) < 4.78 is 5.53. The second-order valence-electron chi connectivity index (χ2n) is 6.18. The second-order valence-corrected chi connectivity index (χ2v) is 6.18. The zero-order chi connectivity index (χ0) is 16.5. The van der Waals surface area contributed by atoms with Gasteiger partial charge in [-0.05, 0) is 25.0 Å². The van der Waals surface area contributed by atoms with Crippen LogP contribution in [0, 0.1) is 0 Å². The third-order valence-corrected chi connectivity index (χ3v) is 3.59. The van der Waals surface area contributed by atoms with Crippen LogP contribution in [0.5, 0.6) is 0 Å². The first-order valence-corrected chi connectivity index (χ1v) is 8.23. The third-order valence-electron chi connectivity index (χ3n) is 3.59. The van der Waals surface area contributed by atoms with E-state index in [1.807, 2.05) is 50.2 Å². The summed E-state index contributed by atoms with van der Waals surface area (Å²) in [5, 5.41) is 10.3. The van der Waals surface area contributed by atoms with Crippen LogP contribution in [-0.4, -0.2) is 35.4 Å². The standard InChI is InChI=1S/C20H27NO2/c1-17(2)23-16-20(22)15-21(13-18-9-5-3-6-10-18)14-19-11-7-4-8-12-19/h3-12,17,20,22H,13-16H2,1-2H3/t20-/m0/s1. The highest BCUT2D eigenvalue weighted by Crippen LogP contribution is 2.11. The lowest BCUT2D eigenvalue weighted by Crippen LogP contribution is -2.34. The van der Waals surface area contributed by atoms with E-state index in [1.165, 1.54) is 11.1 Å². The molecule has 1 N–H and O–H groups in total. The first-order valence-electron chi connectivity index (χ1n) is 8.23. The molecule has 0 saturated carbocycles. The van der Waals surface area contributed by atoms with Gasteiger partial charge in [-0.2, -0.15) is 0 Å². The highest BCUT2D eigenvalue weighted by atomic mass is 16.5. The van der Waals surface area contributed by atoms with Crippen LogP contribution in [0.2, 0.25) is 0 Å². The van der Waals surface area contributed by atoms with Gasteiger partial charge >= 0.3 is 0 Å². The van der Waals surface area contributed by atoms with Crippen molar-refractivity contribution in [3.05, 3.63) is 71.8 Å². The fraction of sp³-hybridized carbons (Fsp3) is 0.400. The Balaban J connectivity index is 1.98. The van der Waals surface area contributed by atoms with E-state index in [9.17, 15) is 5.11 Å². The summed E-state index contributed by atoms with van der Waals surface area (Å²) >= 11 is 0. The highest BCUT2D eigenvalue weighted by molar-refractivity contribution is 5.17. The summed E-state index contributed by atoms with van der Waals surface area (Å²) in [4.78, 5) is 2.26. The van der Waals surface area contributed by atoms with Crippen molar-refractivity contribution in [1.82, 2.24) is 4.90 Å². The fourth-order valence-electron chi connectivity index (χ4n) is 2.52. The average Bonchev–Trinajstić information content (AvgIpc) is 2.55. The van der Waals surface area contributed by atoms with Crippen molar-refractivity contribution in [3.63, 3.8) is 0 Å². The largest absolute Gasteiger partial charge is 0.389 e. The Morgan fingerprint density at radius 3 is 1.78 bits per heavy atom. The normalized spacial score (nSPS) is 12.7. The summed E-state index contributed by atoms with van der Waals surface area (Å²) in [7, 11) is 0. The molecule has 23 heavy (non-hydrogen) atoms. The minimum Gasteiger partial charge on any atom is -0.389 e. The van der Waals surface area contributed by atoms with Crippen LogP contribution in [-0.2, 0) is 17.8 Å². The first kappa shape index (κ1) is 17.7. The minimum atomic E-state index is -0.482. The monoisotopic (exact) mass is 313 g/mol. The molecule has 0 amide bonds. The number of aliphatic hydroxyl groups is 1. The molecule has 0 radical (unpaired) electrons. The molecular weight excluding hydrogens is 286 g/mol. The summed E-state index contributed by atoms with van der Waals surface area (Å²) in [6.45, 7) is 6.56. The van der Waals surface area contributed by atoms with Crippen LogP contribution in [0.3, 0.4) is 0 Å². The molecule has 2 aromatic rings. The summed E-state index contributed by atoms with van der Waals surface area (Å²) in [6.07, 6.45) is -0.342. The number of nitrogens with zero attached hydrogens (tertiary/aromatic N) is 1. The van der Waals surface area contributed by atoms with Crippen molar-refractivity contribution in [2.75, 3.05) is 13.2 Å². The van der Waals surface area contributed by atoms with Crippen LogP contribution in [0.4, 0.5) is 0 Å². The molecule has 3 nitrogen and oxygen atoms in total. The van der Waals surface area contributed by atoms with Crippen LogP contribution >= 0.6 is 0 Å². The number of aliphatic hydroxyl groups excluding tert-OH is 1. The maximum absolute atomic E-state index is 10.3. The quantitative estimate of drug-likeness (QED) is 0.769. The average molecular weight is 313 g/mol. The van der Waals surface area contributed by atoms with Crippen LogP contribution in [0.1, 0.15) is 25.0 Å². The van der Waals surface area contributed by atoms with Crippen LogP contribution in [0.25, 0.3) is 0 Å². The van der Waals surface area contributed by atoms with Gasteiger partial charge < -0.3 is 9.84 Å². The zero-order valence-electron chi connectivity index (χ0n) is 14.1. The van der Waals surface area contributed by atoms with Gasteiger partial charge in [-0.25, -0.2) is 0 Å². The molecule has 3 heteroatoms. The molecule has 0 fully saturated rings. The van der Waals surface area contributed by atoms with Crippen molar-refractivity contribution in [1.29, 1.82) is 0 Å². The molecule has 2 rings (SSSR count). The molecule has 0 aliphatic heterocycles. The molecule has 0 unspecified atom stereocenters. The van der Waals surface area contributed by atoms with Crippen molar-refractivity contribution in [3.8, 4) is 0 Å². The summed E-state index contributed by atoms with van der Waals surface area (Å²) in [5.41, 5.74) is 2.50. The van der Waals surface area contributed by atoms with Gasteiger partial charge in [-0.1, -0.05) is 60.7 Å². The topological polar surface area (TPSA) is 32.7 Å². The lowest BCUT2D eigenvalue weighted by molar-refractivity contribution is -0.0106. The Bertz CT molecular complexity index is 501. The maximum atomic E-state index is 10.3. The third kappa shape index (κ3) is 6.95. The SMILES string of the molecule is CC(C)OC[C@@H](O)CN(Cc1ccccc1)Cc1ccccc1. The highest BCUT2D eigenvalue weighted by Gasteiger charge is 2.14. The van der Waals surface area contributed by atoms with Gasteiger partial charge in [0.15, 0.2) is 0 Å². The van der Waals surface area contributed by atoms with Gasteiger partial charge in [0.25, 0.3) is 0 Å². The van der Waals surface area contributed by atoms with Crippen molar-refractivity contribution < 1.29 is 9.84 Å². The minimum absolute atomic E-state index is 0.140. The van der Waals surface area contributed by atoms with E-state index in [-0.39, 0.29) is 6.10 Å². The number of hydrogen-bond donors (Lipinski definition) is 1. The molecule has 0 bridgehead atoms. The molecule has 0 aromatic heterocycles. The Kier molecular flexibility index (Phi) is 7.27. The van der Waals surface area contributed by atoms with E-state index >= 15 is 0 Å². The first-order chi connectivity index (χ1) is 11.1. The lowest BCUT2D eigenvalue weighted by atomic mass is 10.1. The fourth-order valence-corrected chi connectivity index (χ4v) is 2.52. The van der Waals surface area contributed by atoms with Crippen LogP contribution < -0.4 is 0 Å². The van der Waals surface area contributed by atoms with Gasteiger partial charge in [-0.15, -0.1) is 0 Å². The number of ether oxygens (including phenoxy) is 1. The molecule has 0 saturated heterocycles. The van der Waals surface area contributed by atoms with E-state index in [1.54, 1.807) is 0 Å². The Morgan fingerprint density at radius 1 is 0.870 bits per heavy atom. The van der Waals surface area contributed by atoms with E-state index in [0.29, 0.717) is 13.2 Å². The van der Waals surface area contributed by atoms with E-state index < -0.39 is 6.10 Å². The Morgan fingerprint density at radius 2 is 1.35 bits per heavy atom. The second kappa shape index (κ2) is 9.46. The zero-order valence-corrected chi connectivity index (χ0v) is 14.1. The molecule has 124 valence electrons. The predicted molar refractivity (Wildman–Crippen MR) is 94.1 cm³/mol. The summed E-state index contributed by atoms with van der Waals surface area (Å²) in [6, 6.07) is 20.7. The molecule has 1 atom stereocenters. The Labute approximate surface area is 139 Å². The number of hydrogen-bond acceptors (Lipinski definition) is 3. The van der Waals surface area contributed by atoms with E-state index in [2.05, 4.69) is 29.2 Å². The van der Waals surface area contributed by atoms with Crippen molar-refractivity contribution in [2.24, 2.45) is 0 Å². The summed E-state index contributed by atoms with van der Waals surface area (Å²) in [5.74, 6) is 0. The molecular formula is C20H27NO2. The van der Waals surface area contributed by atoms with Crippen molar-refractivity contribution >= 4 is 0 Å². The van der Waals surface area contributed by atoms with Gasteiger partial charge in [0.05, 0.1) is 18.8 Å². The number of rotatable bonds is 9. The molecule has 0 aliphatic rings. The maximum Gasteiger partial charge on any atom is 0.0900 e.